The van der Waals surface area contributed by atoms with Gasteiger partial charge < -0.3 is 18.5 Å². The first kappa shape index (κ1) is 25.9. The minimum absolute atomic E-state index is 0.136. The standard InChI is InChI=1S/C27H25Br2O5P/c1-31-26-12-10-19(14-24(26)28)16-33-35(30,34-17-20-11-13-27(32-2)25(29)15-20)18-22-8-5-7-21-6-3-4-9-23(21)22/h3-15H,16-18H2,1-2H3. The predicted octanol–water partition coefficient (Wildman–Crippen LogP) is 8.51. The quantitative estimate of drug-likeness (QED) is 0.167. The smallest absolute Gasteiger partial charge is 0.335 e. The van der Waals surface area contributed by atoms with E-state index in [4.69, 9.17) is 18.5 Å². The molecule has 0 atom stereocenters. The van der Waals surface area contributed by atoms with Crippen LogP contribution in [0.2, 0.25) is 0 Å². The molecule has 0 aliphatic carbocycles. The molecule has 0 aliphatic heterocycles. The monoisotopic (exact) mass is 618 g/mol. The third-order valence-corrected chi connectivity index (χ3v) is 8.54. The molecule has 4 aromatic carbocycles. The van der Waals surface area contributed by atoms with Crippen molar-refractivity contribution in [3.05, 3.63) is 104 Å². The fraction of sp³-hybridized carbons (Fsp3) is 0.185. The lowest BCUT2D eigenvalue weighted by molar-refractivity contribution is 0.190. The van der Waals surface area contributed by atoms with Gasteiger partial charge in [0, 0.05) is 0 Å². The van der Waals surface area contributed by atoms with E-state index < -0.39 is 7.60 Å². The first-order valence-electron chi connectivity index (χ1n) is 10.9. The van der Waals surface area contributed by atoms with E-state index in [0.29, 0.717) is 11.5 Å². The van der Waals surface area contributed by atoms with Crippen molar-refractivity contribution >= 4 is 50.2 Å². The molecule has 4 rings (SSSR count). The Hall–Kier alpha value is -2.15. The summed E-state index contributed by atoms with van der Waals surface area (Å²) in [7, 11) is -0.315. The maximum absolute atomic E-state index is 14.1. The highest BCUT2D eigenvalue weighted by atomic mass is 79.9. The molecule has 35 heavy (non-hydrogen) atoms. The lowest BCUT2D eigenvalue weighted by Crippen LogP contribution is -2.02. The van der Waals surface area contributed by atoms with Gasteiger partial charge in [0.05, 0.1) is 42.5 Å². The van der Waals surface area contributed by atoms with Crippen molar-refractivity contribution in [3.63, 3.8) is 0 Å². The van der Waals surface area contributed by atoms with Crippen LogP contribution in [0.25, 0.3) is 10.8 Å². The van der Waals surface area contributed by atoms with Crippen LogP contribution in [-0.4, -0.2) is 14.2 Å². The van der Waals surface area contributed by atoms with Gasteiger partial charge in [-0.25, -0.2) is 0 Å². The van der Waals surface area contributed by atoms with Crippen LogP contribution in [-0.2, 0) is 33.0 Å². The van der Waals surface area contributed by atoms with Crippen molar-refractivity contribution < 1.29 is 23.1 Å². The van der Waals surface area contributed by atoms with Gasteiger partial charge in [0.25, 0.3) is 0 Å². The third-order valence-electron chi connectivity index (χ3n) is 5.53. The zero-order valence-corrected chi connectivity index (χ0v) is 23.4. The summed E-state index contributed by atoms with van der Waals surface area (Å²) in [5.41, 5.74) is 2.62. The van der Waals surface area contributed by atoms with Gasteiger partial charge in [-0.1, -0.05) is 54.6 Å². The third kappa shape index (κ3) is 6.54. The number of methoxy groups -OCH3 is 2. The lowest BCUT2D eigenvalue weighted by Gasteiger charge is -2.20. The molecule has 8 heteroatoms. The summed E-state index contributed by atoms with van der Waals surface area (Å²) in [6.45, 7) is 0.272. The molecule has 0 radical (unpaired) electrons. The van der Waals surface area contributed by atoms with Gasteiger partial charge in [-0.05, 0) is 83.6 Å². The normalized spacial score (nSPS) is 11.5. The Morgan fingerprint density at radius 2 is 1.26 bits per heavy atom. The highest BCUT2D eigenvalue weighted by molar-refractivity contribution is 9.10. The maximum Gasteiger partial charge on any atom is 0.335 e. The summed E-state index contributed by atoms with van der Waals surface area (Å²) in [4.78, 5) is 0. The fourth-order valence-electron chi connectivity index (χ4n) is 3.71. The van der Waals surface area contributed by atoms with Crippen LogP contribution >= 0.6 is 39.5 Å². The number of rotatable bonds is 10. The summed E-state index contributed by atoms with van der Waals surface area (Å²) in [5.74, 6) is 1.43. The summed E-state index contributed by atoms with van der Waals surface area (Å²) < 4.78 is 38.3. The van der Waals surface area contributed by atoms with Crippen molar-refractivity contribution in [2.75, 3.05) is 14.2 Å². The Bertz CT molecular complexity index is 1310. The van der Waals surface area contributed by atoms with E-state index >= 15 is 0 Å². The predicted molar refractivity (Wildman–Crippen MR) is 146 cm³/mol. The molecule has 182 valence electrons. The molecular weight excluding hydrogens is 595 g/mol. The molecular formula is C27H25Br2O5P. The minimum Gasteiger partial charge on any atom is -0.496 e. The van der Waals surface area contributed by atoms with E-state index in [1.165, 1.54) is 0 Å². The van der Waals surface area contributed by atoms with Gasteiger partial charge >= 0.3 is 7.60 Å². The van der Waals surface area contributed by atoms with Gasteiger partial charge in [-0.15, -0.1) is 0 Å². The first-order valence-corrected chi connectivity index (χ1v) is 14.2. The highest BCUT2D eigenvalue weighted by Crippen LogP contribution is 2.53. The van der Waals surface area contributed by atoms with Crippen LogP contribution < -0.4 is 9.47 Å². The summed E-state index contributed by atoms with van der Waals surface area (Å²) in [5, 5.41) is 2.11. The molecule has 5 nitrogen and oxygen atoms in total. The van der Waals surface area contributed by atoms with Gasteiger partial charge in [-0.3, -0.25) is 4.57 Å². The molecule has 0 N–H and O–H groups in total. The molecule has 0 saturated carbocycles. The van der Waals surface area contributed by atoms with Gasteiger partial charge in [0.2, 0.25) is 0 Å². The Morgan fingerprint density at radius 1 is 0.714 bits per heavy atom. The first-order chi connectivity index (χ1) is 16.9. The highest BCUT2D eigenvalue weighted by Gasteiger charge is 2.27. The fourth-order valence-corrected chi connectivity index (χ4v) is 6.53. The molecule has 0 spiro atoms. The average molecular weight is 620 g/mol. The molecule has 0 aliphatic rings. The summed E-state index contributed by atoms with van der Waals surface area (Å²) in [6.07, 6.45) is 0.156. The Morgan fingerprint density at radius 3 is 1.80 bits per heavy atom. The zero-order valence-electron chi connectivity index (χ0n) is 19.4. The van der Waals surface area contributed by atoms with E-state index in [0.717, 1.165) is 36.4 Å². The number of hydrogen-bond donors (Lipinski definition) is 0. The van der Waals surface area contributed by atoms with Crippen LogP contribution in [0.15, 0.2) is 87.8 Å². The molecule has 0 saturated heterocycles. The molecule has 0 fully saturated rings. The SMILES string of the molecule is COc1ccc(COP(=O)(Cc2cccc3ccccc23)OCc2ccc(OC)c(Br)c2)cc1Br. The van der Waals surface area contributed by atoms with Crippen molar-refractivity contribution in [2.24, 2.45) is 0 Å². The lowest BCUT2D eigenvalue weighted by atomic mass is 10.1. The molecule has 0 bridgehead atoms. The number of fused-ring (bicyclic) bond motifs is 1. The average Bonchev–Trinajstić information content (AvgIpc) is 2.87. The largest absolute Gasteiger partial charge is 0.496 e. The summed E-state index contributed by atoms with van der Waals surface area (Å²) in [6, 6.07) is 25.2. The number of benzene rings is 4. The topological polar surface area (TPSA) is 54.0 Å². The number of ether oxygens (including phenoxy) is 2. The van der Waals surface area contributed by atoms with E-state index in [9.17, 15) is 4.57 Å². The molecule has 0 aromatic heterocycles. The Labute approximate surface area is 222 Å². The van der Waals surface area contributed by atoms with E-state index in [2.05, 4.69) is 31.9 Å². The zero-order chi connectivity index (χ0) is 24.8. The second-order valence-corrected chi connectivity index (χ2v) is 11.7. The van der Waals surface area contributed by atoms with E-state index in [-0.39, 0.29) is 19.4 Å². The van der Waals surface area contributed by atoms with E-state index in [1.807, 2.05) is 78.9 Å². The van der Waals surface area contributed by atoms with Crippen LogP contribution in [0.3, 0.4) is 0 Å². The second-order valence-electron chi connectivity index (χ2n) is 7.89. The van der Waals surface area contributed by atoms with Crippen molar-refractivity contribution in [3.8, 4) is 11.5 Å². The van der Waals surface area contributed by atoms with Crippen LogP contribution in [0, 0.1) is 0 Å². The van der Waals surface area contributed by atoms with Gasteiger partial charge in [0.15, 0.2) is 0 Å². The van der Waals surface area contributed by atoms with Gasteiger partial charge in [-0.2, -0.15) is 0 Å². The Balaban J connectivity index is 1.59. The van der Waals surface area contributed by atoms with E-state index in [1.54, 1.807) is 14.2 Å². The van der Waals surface area contributed by atoms with Crippen LogP contribution in [0.5, 0.6) is 11.5 Å². The number of hydrogen-bond acceptors (Lipinski definition) is 5. The molecule has 0 amide bonds. The van der Waals surface area contributed by atoms with Crippen molar-refractivity contribution in [1.82, 2.24) is 0 Å². The van der Waals surface area contributed by atoms with Crippen LogP contribution in [0.1, 0.15) is 16.7 Å². The molecule has 4 aromatic rings. The Kier molecular flexibility index (Phi) is 8.68. The van der Waals surface area contributed by atoms with Crippen molar-refractivity contribution in [2.45, 2.75) is 19.4 Å². The summed E-state index contributed by atoms with van der Waals surface area (Å²) >= 11 is 6.99. The molecule has 0 unspecified atom stereocenters. The van der Waals surface area contributed by atoms with Crippen LogP contribution in [0.4, 0.5) is 0 Å². The molecule has 0 heterocycles. The van der Waals surface area contributed by atoms with Gasteiger partial charge in [0.1, 0.15) is 11.5 Å². The van der Waals surface area contributed by atoms with Crippen molar-refractivity contribution in [1.29, 1.82) is 0 Å². The second kappa shape index (κ2) is 11.7. The number of halogens is 2. The maximum atomic E-state index is 14.1. The minimum atomic E-state index is -3.54.